The zero-order valence-corrected chi connectivity index (χ0v) is 8.08. The third kappa shape index (κ3) is 2.95. The van der Waals surface area contributed by atoms with E-state index in [9.17, 15) is 9.18 Å². The van der Waals surface area contributed by atoms with Gasteiger partial charge in [-0.1, -0.05) is 6.07 Å². The Balaban J connectivity index is 2.76. The van der Waals surface area contributed by atoms with Crippen LogP contribution in [0.5, 0.6) is 5.75 Å². The predicted molar refractivity (Wildman–Crippen MR) is 50.4 cm³/mol. The van der Waals surface area contributed by atoms with E-state index in [0.717, 1.165) is 0 Å². The molecule has 0 spiro atoms. The number of nitrogens with zero attached hydrogens (tertiary/aromatic N) is 1. The van der Waals surface area contributed by atoms with Crippen molar-refractivity contribution in [3.8, 4) is 11.9 Å². The molecule has 1 aromatic carbocycles. The highest BCUT2D eigenvalue weighted by Crippen LogP contribution is 2.17. The van der Waals surface area contributed by atoms with Gasteiger partial charge in [0.05, 0.1) is 13.5 Å². The van der Waals surface area contributed by atoms with Gasteiger partial charge >= 0.3 is 0 Å². The Morgan fingerprint density at radius 2 is 2.40 bits per heavy atom. The lowest BCUT2D eigenvalue weighted by atomic mass is 10.1. The molecule has 5 heteroatoms. The summed E-state index contributed by atoms with van der Waals surface area (Å²) in [5, 5.41) is 10.1. The first-order valence-electron chi connectivity index (χ1n) is 4.17. The maximum atomic E-state index is 13.2. The van der Waals surface area contributed by atoms with E-state index < -0.39 is 11.7 Å². The topological polar surface area (TPSA) is 62.1 Å². The summed E-state index contributed by atoms with van der Waals surface area (Å²) < 4.78 is 17.9. The van der Waals surface area contributed by atoms with Gasteiger partial charge in [-0.15, -0.1) is 0 Å². The van der Waals surface area contributed by atoms with E-state index in [2.05, 4.69) is 0 Å². The summed E-state index contributed by atoms with van der Waals surface area (Å²) in [7, 11) is 1.36. The molecule has 1 rings (SSSR count). The molecule has 0 atom stereocenters. The Morgan fingerprint density at radius 3 is 2.93 bits per heavy atom. The summed E-state index contributed by atoms with van der Waals surface area (Å²) in [5.74, 6) is -0.874. The number of amides is 1. The van der Waals surface area contributed by atoms with E-state index in [4.69, 9.17) is 10.00 Å². The maximum absolute atomic E-state index is 13.2. The lowest BCUT2D eigenvalue weighted by molar-refractivity contribution is -0.119. The molecule has 0 fully saturated rings. The number of ether oxygens (including phenoxy) is 1. The van der Waals surface area contributed by atoms with Gasteiger partial charge in [0.1, 0.15) is 0 Å². The highest BCUT2D eigenvalue weighted by atomic mass is 19.1. The fourth-order valence-corrected chi connectivity index (χ4v) is 1.11. The lowest BCUT2D eigenvalue weighted by Crippen LogP contribution is -2.19. The molecule has 0 aliphatic carbocycles. The number of benzene rings is 1. The van der Waals surface area contributed by atoms with Crippen LogP contribution in [-0.2, 0) is 11.2 Å². The van der Waals surface area contributed by atoms with E-state index in [1.54, 1.807) is 6.07 Å². The standard InChI is InChI=1S/C10H9FN2O2/c1-15-9-3-2-7(4-8(9)11)5-10(14)13-6-12/h2-4H,5H2,1H3,(H,13,14). The molecule has 78 valence electrons. The van der Waals surface area contributed by atoms with Gasteiger partial charge in [-0.2, -0.15) is 5.26 Å². The van der Waals surface area contributed by atoms with Crippen LogP contribution in [0.4, 0.5) is 4.39 Å². The van der Waals surface area contributed by atoms with Crippen molar-refractivity contribution >= 4 is 5.91 Å². The summed E-state index contributed by atoms with van der Waals surface area (Å²) in [6, 6.07) is 4.21. The summed E-state index contributed by atoms with van der Waals surface area (Å²) in [4.78, 5) is 11.0. The monoisotopic (exact) mass is 208 g/mol. The van der Waals surface area contributed by atoms with Crippen LogP contribution in [-0.4, -0.2) is 13.0 Å². The van der Waals surface area contributed by atoms with Gasteiger partial charge in [0, 0.05) is 0 Å². The van der Waals surface area contributed by atoms with Crippen molar-refractivity contribution in [3.63, 3.8) is 0 Å². The molecule has 0 bridgehead atoms. The van der Waals surface area contributed by atoms with Crippen LogP contribution in [0.15, 0.2) is 18.2 Å². The first-order valence-corrected chi connectivity index (χ1v) is 4.17. The largest absolute Gasteiger partial charge is 0.494 e. The normalized spacial score (nSPS) is 9.13. The van der Waals surface area contributed by atoms with Crippen LogP contribution in [0.3, 0.4) is 0 Å². The molecule has 0 unspecified atom stereocenters. The molecule has 0 aromatic heterocycles. The highest BCUT2D eigenvalue weighted by molar-refractivity contribution is 5.79. The highest BCUT2D eigenvalue weighted by Gasteiger charge is 2.06. The fourth-order valence-electron chi connectivity index (χ4n) is 1.11. The molecular formula is C10H9FN2O2. The number of nitriles is 1. The first-order chi connectivity index (χ1) is 7.17. The molecule has 1 aromatic rings. The second-order valence-electron chi connectivity index (χ2n) is 2.81. The van der Waals surface area contributed by atoms with Crippen LogP contribution in [0.1, 0.15) is 5.56 Å². The Morgan fingerprint density at radius 1 is 1.67 bits per heavy atom. The van der Waals surface area contributed by atoms with E-state index in [-0.39, 0.29) is 12.2 Å². The summed E-state index contributed by atoms with van der Waals surface area (Å²) in [6.45, 7) is 0. The Bertz CT molecular complexity index is 412. The van der Waals surface area contributed by atoms with Gasteiger partial charge in [-0.25, -0.2) is 4.39 Å². The number of hydrogen-bond donors (Lipinski definition) is 1. The SMILES string of the molecule is COc1ccc(CC(=O)NC#N)cc1F. The van der Waals surface area contributed by atoms with Crippen LogP contribution in [0.2, 0.25) is 0 Å². The number of rotatable bonds is 3. The molecule has 0 saturated heterocycles. The average Bonchev–Trinajstić information content (AvgIpc) is 2.18. The van der Waals surface area contributed by atoms with E-state index in [1.807, 2.05) is 5.32 Å². The smallest absolute Gasteiger partial charge is 0.237 e. The Labute approximate surface area is 86.3 Å². The fraction of sp³-hybridized carbons (Fsp3) is 0.200. The van der Waals surface area contributed by atoms with Gasteiger partial charge in [-0.3, -0.25) is 10.1 Å². The minimum absolute atomic E-state index is 0.0333. The summed E-state index contributed by atoms with van der Waals surface area (Å²) in [5.41, 5.74) is 0.487. The number of methoxy groups -OCH3 is 1. The molecule has 1 amide bonds. The third-order valence-electron chi connectivity index (χ3n) is 1.78. The van der Waals surface area contributed by atoms with Crippen molar-refractivity contribution in [2.24, 2.45) is 0 Å². The third-order valence-corrected chi connectivity index (χ3v) is 1.78. The minimum Gasteiger partial charge on any atom is -0.494 e. The number of carbonyl (C=O) groups excluding carboxylic acids is 1. The molecule has 1 N–H and O–H groups in total. The minimum atomic E-state index is -0.528. The zero-order valence-electron chi connectivity index (χ0n) is 8.08. The van der Waals surface area contributed by atoms with Gasteiger partial charge in [0.15, 0.2) is 17.8 Å². The van der Waals surface area contributed by atoms with E-state index in [1.165, 1.54) is 25.4 Å². The van der Waals surface area contributed by atoms with Crippen molar-refractivity contribution in [1.82, 2.24) is 5.32 Å². The second kappa shape index (κ2) is 4.96. The van der Waals surface area contributed by atoms with Crippen molar-refractivity contribution in [2.75, 3.05) is 7.11 Å². The number of carbonyl (C=O) groups is 1. The van der Waals surface area contributed by atoms with Gasteiger partial charge < -0.3 is 4.74 Å². The van der Waals surface area contributed by atoms with Gasteiger partial charge in [-0.05, 0) is 17.7 Å². The van der Waals surface area contributed by atoms with Crippen LogP contribution in [0, 0.1) is 17.3 Å². The number of nitrogens with one attached hydrogen (secondary N) is 1. The number of halogens is 1. The molecule has 0 radical (unpaired) electrons. The van der Waals surface area contributed by atoms with Crippen LogP contribution < -0.4 is 10.1 Å². The lowest BCUT2D eigenvalue weighted by Gasteiger charge is -2.03. The van der Waals surface area contributed by atoms with Crippen LogP contribution in [0.25, 0.3) is 0 Å². The van der Waals surface area contributed by atoms with Crippen LogP contribution >= 0.6 is 0 Å². The molecular weight excluding hydrogens is 199 g/mol. The molecule has 4 nitrogen and oxygen atoms in total. The Kier molecular flexibility index (Phi) is 3.63. The maximum Gasteiger partial charge on any atom is 0.237 e. The summed E-state index contributed by atoms with van der Waals surface area (Å²) >= 11 is 0. The first kappa shape index (κ1) is 11.0. The quantitative estimate of drug-likeness (QED) is 0.594. The van der Waals surface area contributed by atoms with Crippen molar-refractivity contribution in [2.45, 2.75) is 6.42 Å². The van der Waals surface area contributed by atoms with E-state index in [0.29, 0.717) is 5.56 Å². The van der Waals surface area contributed by atoms with Gasteiger partial charge in [0.2, 0.25) is 5.91 Å². The van der Waals surface area contributed by atoms with Crippen molar-refractivity contribution in [3.05, 3.63) is 29.6 Å². The molecule has 0 aliphatic heterocycles. The molecule has 15 heavy (non-hydrogen) atoms. The Hall–Kier alpha value is -2.09. The predicted octanol–water partition coefficient (Wildman–Crippen LogP) is 0.974. The summed E-state index contributed by atoms with van der Waals surface area (Å²) in [6.07, 6.45) is 1.47. The van der Waals surface area contributed by atoms with Crippen molar-refractivity contribution < 1.29 is 13.9 Å². The average molecular weight is 208 g/mol. The molecule has 0 aliphatic rings. The molecule has 0 saturated carbocycles. The van der Waals surface area contributed by atoms with Gasteiger partial charge in [0.25, 0.3) is 0 Å². The zero-order chi connectivity index (χ0) is 11.3. The van der Waals surface area contributed by atoms with Crippen molar-refractivity contribution in [1.29, 1.82) is 5.26 Å². The number of hydrogen-bond acceptors (Lipinski definition) is 3. The van der Waals surface area contributed by atoms with E-state index >= 15 is 0 Å². The molecule has 0 heterocycles. The second-order valence-corrected chi connectivity index (χ2v) is 2.81.